The fraction of sp³-hybridized carbons (Fsp3) is 0.300. The molecule has 2 atom stereocenters. The number of phenols is 2. The third kappa shape index (κ3) is 3.79. The Morgan fingerprint density at radius 1 is 0.769 bits per heavy atom. The molecule has 0 amide bonds. The highest BCUT2D eigenvalue weighted by Crippen LogP contribution is 2.31. The minimum atomic E-state index is -0.587. The predicted molar refractivity (Wildman–Crippen MR) is 96.3 cm³/mol. The number of ether oxygens (including phenoxy) is 2. The van der Waals surface area contributed by atoms with E-state index in [-0.39, 0.29) is 34.6 Å². The van der Waals surface area contributed by atoms with Crippen molar-refractivity contribution in [1.29, 1.82) is 0 Å². The van der Waals surface area contributed by atoms with E-state index in [1.807, 2.05) is 0 Å². The normalized spacial score (nSPS) is 12.9. The van der Waals surface area contributed by atoms with Crippen LogP contribution in [0.3, 0.4) is 0 Å². The third-order valence-electron chi connectivity index (χ3n) is 4.51. The molecular weight excluding hydrogens is 336 g/mol. The standard InChI is InChI=1S/C20H22O6/c1-11(19(23)13-5-7-15(21)17(9-13)25-3)12(2)20(24)14-6-8-16(22)18(10-14)26-4/h5-12,21-22H,1-4H3/t11-,12-/m0/s1. The number of rotatable bonds is 7. The largest absolute Gasteiger partial charge is 0.504 e. The Morgan fingerprint density at radius 3 is 1.42 bits per heavy atom. The maximum atomic E-state index is 12.7. The van der Waals surface area contributed by atoms with Gasteiger partial charge in [0.15, 0.2) is 34.6 Å². The maximum absolute atomic E-state index is 12.7. The van der Waals surface area contributed by atoms with Gasteiger partial charge in [-0.25, -0.2) is 0 Å². The number of carbonyl (C=O) groups excluding carboxylic acids is 2. The minimum Gasteiger partial charge on any atom is -0.504 e. The fourth-order valence-corrected chi connectivity index (χ4v) is 2.64. The van der Waals surface area contributed by atoms with Crippen molar-refractivity contribution in [2.45, 2.75) is 13.8 Å². The second kappa shape index (κ2) is 7.91. The molecule has 26 heavy (non-hydrogen) atoms. The van der Waals surface area contributed by atoms with E-state index in [0.717, 1.165) is 0 Å². The van der Waals surface area contributed by atoms with Crippen LogP contribution in [0.25, 0.3) is 0 Å². The molecule has 0 saturated heterocycles. The summed E-state index contributed by atoms with van der Waals surface area (Å²) in [4.78, 5) is 25.4. The highest BCUT2D eigenvalue weighted by molar-refractivity contribution is 6.05. The summed E-state index contributed by atoms with van der Waals surface area (Å²) in [5.74, 6) is -1.34. The summed E-state index contributed by atoms with van der Waals surface area (Å²) in [6.45, 7) is 3.36. The van der Waals surface area contributed by atoms with Crippen LogP contribution < -0.4 is 9.47 Å². The molecule has 0 spiro atoms. The molecule has 0 saturated carbocycles. The molecule has 0 unspecified atom stereocenters. The van der Waals surface area contributed by atoms with Crippen LogP contribution in [-0.2, 0) is 0 Å². The molecule has 6 heteroatoms. The van der Waals surface area contributed by atoms with Crippen LogP contribution >= 0.6 is 0 Å². The van der Waals surface area contributed by atoms with E-state index in [4.69, 9.17) is 9.47 Å². The molecular formula is C20H22O6. The summed E-state index contributed by atoms with van der Waals surface area (Å²) in [5.41, 5.74) is 0.713. The van der Waals surface area contributed by atoms with Crippen LogP contribution in [0.2, 0.25) is 0 Å². The number of hydrogen-bond acceptors (Lipinski definition) is 6. The molecule has 0 fully saturated rings. The molecule has 0 aromatic heterocycles. The molecule has 0 radical (unpaired) electrons. The molecule has 0 aliphatic rings. The van der Waals surface area contributed by atoms with Crippen molar-refractivity contribution in [1.82, 2.24) is 0 Å². The summed E-state index contributed by atoms with van der Waals surface area (Å²) in [7, 11) is 2.80. The Hall–Kier alpha value is -3.02. The van der Waals surface area contributed by atoms with E-state index in [1.165, 1.54) is 50.6 Å². The number of ketones is 2. The smallest absolute Gasteiger partial charge is 0.166 e. The predicted octanol–water partition coefficient (Wildman–Crippen LogP) is 3.45. The van der Waals surface area contributed by atoms with Crippen LogP contribution in [0, 0.1) is 11.8 Å². The van der Waals surface area contributed by atoms with Crippen LogP contribution in [0.1, 0.15) is 34.6 Å². The van der Waals surface area contributed by atoms with E-state index >= 15 is 0 Å². The highest BCUT2D eigenvalue weighted by atomic mass is 16.5. The summed E-state index contributed by atoms with van der Waals surface area (Å²) < 4.78 is 10.0. The van der Waals surface area contributed by atoms with E-state index in [1.54, 1.807) is 13.8 Å². The van der Waals surface area contributed by atoms with Crippen molar-refractivity contribution in [2.24, 2.45) is 11.8 Å². The summed E-state index contributed by atoms with van der Waals surface area (Å²) in [6.07, 6.45) is 0. The van der Waals surface area contributed by atoms with Crippen molar-refractivity contribution >= 4 is 11.6 Å². The number of aromatic hydroxyl groups is 2. The number of Topliss-reactive ketones (excluding diaryl/α,β-unsaturated/α-hetero) is 2. The van der Waals surface area contributed by atoms with Crippen LogP contribution in [-0.4, -0.2) is 36.0 Å². The van der Waals surface area contributed by atoms with Gasteiger partial charge in [-0.2, -0.15) is 0 Å². The molecule has 2 aromatic rings. The molecule has 2 rings (SSSR count). The maximum Gasteiger partial charge on any atom is 0.166 e. The first-order valence-corrected chi connectivity index (χ1v) is 8.12. The summed E-state index contributed by atoms with van der Waals surface area (Å²) >= 11 is 0. The van der Waals surface area contributed by atoms with Crippen LogP contribution in [0.5, 0.6) is 23.0 Å². The molecule has 0 heterocycles. The van der Waals surface area contributed by atoms with Gasteiger partial charge in [0, 0.05) is 23.0 Å². The van der Waals surface area contributed by atoms with Gasteiger partial charge in [-0.05, 0) is 36.4 Å². The average Bonchev–Trinajstić information content (AvgIpc) is 2.66. The van der Waals surface area contributed by atoms with E-state index in [2.05, 4.69) is 0 Å². The number of phenolic OH excluding ortho intramolecular Hbond substituents is 2. The first kappa shape index (κ1) is 19.3. The third-order valence-corrected chi connectivity index (χ3v) is 4.51. The second-order valence-electron chi connectivity index (χ2n) is 6.08. The summed E-state index contributed by atoms with van der Waals surface area (Å²) in [6, 6.07) is 8.67. The second-order valence-corrected chi connectivity index (χ2v) is 6.08. The zero-order valence-corrected chi connectivity index (χ0v) is 15.1. The van der Waals surface area contributed by atoms with E-state index in [0.29, 0.717) is 11.1 Å². The average molecular weight is 358 g/mol. The molecule has 2 N–H and O–H groups in total. The van der Waals surface area contributed by atoms with Crippen molar-refractivity contribution in [3.05, 3.63) is 47.5 Å². The zero-order valence-electron chi connectivity index (χ0n) is 15.1. The number of hydrogen-bond donors (Lipinski definition) is 2. The summed E-state index contributed by atoms with van der Waals surface area (Å²) in [5, 5.41) is 19.3. The zero-order chi connectivity index (χ0) is 19.4. The minimum absolute atomic E-state index is 0.0583. The van der Waals surface area contributed by atoms with Crippen molar-refractivity contribution in [2.75, 3.05) is 14.2 Å². The van der Waals surface area contributed by atoms with Gasteiger partial charge in [-0.3, -0.25) is 9.59 Å². The Balaban J connectivity index is 2.24. The Labute approximate surface area is 152 Å². The van der Waals surface area contributed by atoms with Gasteiger partial charge in [-0.15, -0.1) is 0 Å². The number of benzene rings is 2. The first-order chi connectivity index (χ1) is 12.3. The van der Waals surface area contributed by atoms with Crippen molar-refractivity contribution < 1.29 is 29.3 Å². The number of carbonyl (C=O) groups is 2. The Kier molecular flexibility index (Phi) is 5.87. The molecule has 2 aromatic carbocycles. The van der Waals surface area contributed by atoms with Crippen molar-refractivity contribution in [3.8, 4) is 23.0 Å². The van der Waals surface area contributed by atoms with E-state index in [9.17, 15) is 19.8 Å². The van der Waals surface area contributed by atoms with Crippen LogP contribution in [0.4, 0.5) is 0 Å². The topological polar surface area (TPSA) is 93.1 Å². The quantitative estimate of drug-likeness (QED) is 0.737. The van der Waals surface area contributed by atoms with Gasteiger partial charge < -0.3 is 19.7 Å². The SMILES string of the molecule is COc1cc(C(=O)[C@@H](C)[C@H](C)C(=O)c2ccc(O)c(OC)c2)ccc1O. The highest BCUT2D eigenvalue weighted by Gasteiger charge is 2.28. The fourth-order valence-electron chi connectivity index (χ4n) is 2.64. The molecule has 138 valence electrons. The lowest BCUT2D eigenvalue weighted by Crippen LogP contribution is -2.26. The van der Waals surface area contributed by atoms with E-state index < -0.39 is 11.8 Å². The Bertz CT molecular complexity index is 758. The first-order valence-electron chi connectivity index (χ1n) is 8.12. The van der Waals surface area contributed by atoms with Gasteiger partial charge in [0.1, 0.15) is 0 Å². The van der Waals surface area contributed by atoms with Gasteiger partial charge in [0.25, 0.3) is 0 Å². The lowest BCUT2D eigenvalue weighted by molar-refractivity contribution is 0.0793. The van der Waals surface area contributed by atoms with Gasteiger partial charge in [0.05, 0.1) is 14.2 Å². The van der Waals surface area contributed by atoms with Gasteiger partial charge >= 0.3 is 0 Å². The molecule has 0 aliphatic heterocycles. The molecule has 0 bridgehead atoms. The number of methoxy groups -OCH3 is 2. The molecule has 0 aliphatic carbocycles. The van der Waals surface area contributed by atoms with Gasteiger partial charge in [0.2, 0.25) is 0 Å². The van der Waals surface area contributed by atoms with Gasteiger partial charge in [-0.1, -0.05) is 13.8 Å². The molecule has 6 nitrogen and oxygen atoms in total. The monoisotopic (exact) mass is 358 g/mol. The Morgan fingerprint density at radius 2 is 1.12 bits per heavy atom. The van der Waals surface area contributed by atoms with Crippen molar-refractivity contribution in [3.63, 3.8) is 0 Å². The lowest BCUT2D eigenvalue weighted by Gasteiger charge is -2.19. The lowest BCUT2D eigenvalue weighted by atomic mass is 9.83. The van der Waals surface area contributed by atoms with Crippen LogP contribution in [0.15, 0.2) is 36.4 Å².